The summed E-state index contributed by atoms with van der Waals surface area (Å²) in [5, 5.41) is 0. The number of pyridine rings is 1. The monoisotopic (exact) mass is 257 g/mol. The van der Waals surface area contributed by atoms with Gasteiger partial charge in [0.05, 0.1) is 12.2 Å². The molecule has 1 aromatic carbocycles. The molecule has 1 saturated carbocycles. The molecule has 0 aliphatic heterocycles. The SMILES string of the molecule is NNC(c1cncc(F)c1)C1CC1c1ccccc1. The number of nitrogens with zero attached hydrogens (tertiary/aromatic N) is 1. The molecule has 0 saturated heterocycles. The third-order valence-corrected chi connectivity index (χ3v) is 3.76. The van der Waals surface area contributed by atoms with Crippen LogP contribution in [0.1, 0.15) is 29.5 Å². The van der Waals surface area contributed by atoms with Crippen LogP contribution in [-0.2, 0) is 0 Å². The summed E-state index contributed by atoms with van der Waals surface area (Å²) >= 11 is 0. The van der Waals surface area contributed by atoms with Crippen LogP contribution in [0.4, 0.5) is 4.39 Å². The predicted molar refractivity (Wildman–Crippen MR) is 71.5 cm³/mol. The molecule has 3 nitrogen and oxygen atoms in total. The molecule has 0 amide bonds. The van der Waals surface area contributed by atoms with Crippen LogP contribution >= 0.6 is 0 Å². The Morgan fingerprint density at radius 1 is 1.26 bits per heavy atom. The number of hydrogen-bond donors (Lipinski definition) is 2. The number of hydrogen-bond acceptors (Lipinski definition) is 3. The van der Waals surface area contributed by atoms with Crippen LogP contribution in [0.15, 0.2) is 48.8 Å². The van der Waals surface area contributed by atoms with E-state index in [1.54, 1.807) is 6.20 Å². The lowest BCUT2D eigenvalue weighted by molar-refractivity contribution is 0.482. The molecule has 1 aromatic heterocycles. The first-order valence-corrected chi connectivity index (χ1v) is 6.41. The Morgan fingerprint density at radius 2 is 2.05 bits per heavy atom. The highest BCUT2D eigenvalue weighted by Crippen LogP contribution is 2.53. The summed E-state index contributed by atoms with van der Waals surface area (Å²) in [4.78, 5) is 3.89. The Hall–Kier alpha value is -1.78. The van der Waals surface area contributed by atoms with Gasteiger partial charge in [-0.1, -0.05) is 30.3 Å². The maximum absolute atomic E-state index is 13.2. The molecule has 0 spiro atoms. The predicted octanol–water partition coefficient (Wildman–Crippen LogP) is 2.53. The lowest BCUT2D eigenvalue weighted by atomic mass is 10.0. The molecule has 19 heavy (non-hydrogen) atoms. The second-order valence-electron chi connectivity index (χ2n) is 5.00. The molecule has 1 heterocycles. The van der Waals surface area contributed by atoms with Crippen molar-refractivity contribution in [1.29, 1.82) is 0 Å². The van der Waals surface area contributed by atoms with Gasteiger partial charge in [0.15, 0.2) is 0 Å². The van der Waals surface area contributed by atoms with Crippen LogP contribution in [0.25, 0.3) is 0 Å². The lowest BCUT2D eigenvalue weighted by Gasteiger charge is -2.16. The molecule has 0 bridgehead atoms. The first kappa shape index (κ1) is 12.3. The minimum absolute atomic E-state index is 0.0478. The van der Waals surface area contributed by atoms with Crippen molar-refractivity contribution in [2.75, 3.05) is 0 Å². The quantitative estimate of drug-likeness (QED) is 0.653. The van der Waals surface area contributed by atoms with Crippen molar-refractivity contribution >= 4 is 0 Å². The zero-order chi connectivity index (χ0) is 13.2. The third kappa shape index (κ3) is 2.50. The van der Waals surface area contributed by atoms with Crippen molar-refractivity contribution in [2.45, 2.75) is 18.4 Å². The first-order valence-electron chi connectivity index (χ1n) is 6.41. The summed E-state index contributed by atoms with van der Waals surface area (Å²) in [5.41, 5.74) is 4.93. The Kier molecular flexibility index (Phi) is 3.27. The highest BCUT2D eigenvalue weighted by atomic mass is 19.1. The van der Waals surface area contributed by atoms with Crippen molar-refractivity contribution in [2.24, 2.45) is 11.8 Å². The lowest BCUT2D eigenvalue weighted by Crippen LogP contribution is -2.30. The van der Waals surface area contributed by atoms with E-state index in [0.717, 1.165) is 12.0 Å². The number of nitrogens with two attached hydrogens (primary N) is 1. The minimum Gasteiger partial charge on any atom is -0.271 e. The molecule has 1 aliphatic rings. The second-order valence-corrected chi connectivity index (χ2v) is 5.00. The van der Waals surface area contributed by atoms with Crippen molar-refractivity contribution in [1.82, 2.24) is 10.4 Å². The average Bonchev–Trinajstić information content (AvgIpc) is 3.21. The summed E-state index contributed by atoms with van der Waals surface area (Å²) in [5.74, 6) is 6.20. The fourth-order valence-corrected chi connectivity index (χ4v) is 2.73. The maximum Gasteiger partial charge on any atom is 0.141 e. The van der Waals surface area contributed by atoms with Gasteiger partial charge in [0.2, 0.25) is 0 Å². The van der Waals surface area contributed by atoms with E-state index in [-0.39, 0.29) is 11.9 Å². The average molecular weight is 257 g/mol. The third-order valence-electron chi connectivity index (χ3n) is 3.76. The number of rotatable bonds is 4. The van der Waals surface area contributed by atoms with Crippen molar-refractivity contribution in [3.63, 3.8) is 0 Å². The van der Waals surface area contributed by atoms with E-state index in [1.165, 1.54) is 17.8 Å². The highest BCUT2D eigenvalue weighted by molar-refractivity contribution is 5.29. The molecule has 3 atom stereocenters. The summed E-state index contributed by atoms with van der Waals surface area (Å²) in [7, 11) is 0. The molecular formula is C15H16FN3. The van der Waals surface area contributed by atoms with E-state index < -0.39 is 0 Å². The Morgan fingerprint density at radius 3 is 2.74 bits per heavy atom. The fraction of sp³-hybridized carbons (Fsp3) is 0.267. The molecule has 1 aliphatic carbocycles. The summed E-state index contributed by atoms with van der Waals surface area (Å²) < 4.78 is 13.2. The van der Waals surface area contributed by atoms with Gasteiger partial charge in [-0.15, -0.1) is 0 Å². The molecule has 1 fully saturated rings. The van der Waals surface area contributed by atoms with E-state index in [2.05, 4.69) is 22.5 Å². The van der Waals surface area contributed by atoms with E-state index in [0.29, 0.717) is 11.8 Å². The molecular weight excluding hydrogens is 241 g/mol. The summed E-state index contributed by atoms with van der Waals surface area (Å²) in [6.45, 7) is 0. The van der Waals surface area contributed by atoms with Gasteiger partial charge < -0.3 is 0 Å². The highest BCUT2D eigenvalue weighted by Gasteiger charge is 2.44. The van der Waals surface area contributed by atoms with Gasteiger partial charge in [0.25, 0.3) is 0 Å². The van der Waals surface area contributed by atoms with Gasteiger partial charge in [0.1, 0.15) is 5.82 Å². The van der Waals surface area contributed by atoms with Crippen LogP contribution in [0.2, 0.25) is 0 Å². The molecule has 0 radical (unpaired) electrons. The standard InChI is InChI=1S/C15H16FN3/c16-12-6-11(8-18-9-12)15(19-17)14-7-13(14)10-4-2-1-3-5-10/h1-6,8-9,13-15,19H,7,17H2. The zero-order valence-electron chi connectivity index (χ0n) is 10.5. The van der Waals surface area contributed by atoms with Gasteiger partial charge in [-0.3, -0.25) is 16.3 Å². The molecule has 3 rings (SSSR count). The number of nitrogens with one attached hydrogen (secondary N) is 1. The largest absolute Gasteiger partial charge is 0.271 e. The number of aromatic nitrogens is 1. The van der Waals surface area contributed by atoms with E-state index in [9.17, 15) is 4.39 Å². The van der Waals surface area contributed by atoms with E-state index in [4.69, 9.17) is 5.84 Å². The van der Waals surface area contributed by atoms with Gasteiger partial charge in [-0.2, -0.15) is 0 Å². The van der Waals surface area contributed by atoms with Gasteiger partial charge in [-0.25, -0.2) is 4.39 Å². The van der Waals surface area contributed by atoms with Crippen LogP contribution in [0, 0.1) is 11.7 Å². The smallest absolute Gasteiger partial charge is 0.141 e. The Labute approximate surface area is 111 Å². The van der Waals surface area contributed by atoms with Gasteiger partial charge in [-0.05, 0) is 35.4 Å². The molecule has 4 heteroatoms. The number of benzene rings is 1. The minimum atomic E-state index is -0.324. The summed E-state index contributed by atoms with van der Waals surface area (Å²) in [6, 6.07) is 11.8. The topological polar surface area (TPSA) is 50.9 Å². The Balaban J connectivity index is 1.79. The number of halogens is 1. The van der Waals surface area contributed by atoms with E-state index in [1.807, 2.05) is 18.2 Å². The van der Waals surface area contributed by atoms with E-state index >= 15 is 0 Å². The fourth-order valence-electron chi connectivity index (χ4n) is 2.73. The summed E-state index contributed by atoms with van der Waals surface area (Å²) in [6.07, 6.45) is 3.95. The Bertz CT molecular complexity index is 558. The normalized spacial score (nSPS) is 23.1. The zero-order valence-corrected chi connectivity index (χ0v) is 10.5. The molecule has 98 valence electrons. The van der Waals surface area contributed by atoms with Crippen LogP contribution in [-0.4, -0.2) is 4.98 Å². The second kappa shape index (κ2) is 5.07. The van der Waals surface area contributed by atoms with Crippen molar-refractivity contribution in [3.8, 4) is 0 Å². The number of hydrazine groups is 1. The van der Waals surface area contributed by atoms with Crippen LogP contribution in [0.5, 0.6) is 0 Å². The maximum atomic E-state index is 13.2. The van der Waals surface area contributed by atoms with Gasteiger partial charge >= 0.3 is 0 Å². The molecule has 3 N–H and O–H groups in total. The van der Waals surface area contributed by atoms with Crippen molar-refractivity contribution < 1.29 is 4.39 Å². The first-order chi connectivity index (χ1) is 9.29. The van der Waals surface area contributed by atoms with Crippen molar-refractivity contribution in [3.05, 3.63) is 65.7 Å². The molecule has 2 aromatic rings. The molecule has 3 unspecified atom stereocenters. The van der Waals surface area contributed by atoms with Crippen LogP contribution in [0.3, 0.4) is 0 Å². The van der Waals surface area contributed by atoms with Crippen LogP contribution < -0.4 is 11.3 Å². The van der Waals surface area contributed by atoms with Gasteiger partial charge in [0, 0.05) is 6.20 Å².